The minimum Gasteiger partial charge on any atom is -0.507 e. The van der Waals surface area contributed by atoms with Crippen molar-refractivity contribution in [3.05, 3.63) is 94.7 Å². The van der Waals surface area contributed by atoms with Gasteiger partial charge in [0, 0.05) is 12.1 Å². The highest BCUT2D eigenvalue weighted by Crippen LogP contribution is 2.39. The number of likely N-dealkylation sites (tertiary alicyclic amines) is 1. The molecule has 1 aliphatic heterocycles. The molecule has 0 spiro atoms. The number of furan rings is 1. The number of ketones is 1. The third-order valence-corrected chi connectivity index (χ3v) is 5.58. The largest absolute Gasteiger partial charge is 0.507 e. The van der Waals surface area contributed by atoms with Gasteiger partial charge in [-0.05, 0) is 66.9 Å². The summed E-state index contributed by atoms with van der Waals surface area (Å²) in [5, 5.41) is 11.0. The number of aliphatic hydroxyl groups excluding tert-OH is 1. The maximum atomic E-state index is 13.7. The van der Waals surface area contributed by atoms with Crippen molar-refractivity contribution in [2.45, 2.75) is 19.4 Å². The Morgan fingerprint density at radius 3 is 2.53 bits per heavy atom. The molecule has 7 heteroatoms. The van der Waals surface area contributed by atoms with E-state index in [0.29, 0.717) is 17.7 Å². The zero-order valence-electron chi connectivity index (χ0n) is 17.7. The Kier molecular flexibility index (Phi) is 5.81. The highest BCUT2D eigenvalue weighted by molar-refractivity contribution is 6.46. The van der Waals surface area contributed by atoms with Gasteiger partial charge in [-0.15, -0.1) is 0 Å². The van der Waals surface area contributed by atoms with Crippen molar-refractivity contribution in [3.63, 3.8) is 0 Å². The molecule has 0 aliphatic carbocycles. The molecular formula is C25H22FNO5. The third kappa shape index (κ3) is 3.89. The Morgan fingerprint density at radius 2 is 1.91 bits per heavy atom. The summed E-state index contributed by atoms with van der Waals surface area (Å²) in [6, 6.07) is 13.9. The first kappa shape index (κ1) is 21.4. The minimum atomic E-state index is -0.881. The molecule has 1 aromatic heterocycles. The van der Waals surface area contributed by atoms with Crippen molar-refractivity contribution < 1.29 is 28.2 Å². The van der Waals surface area contributed by atoms with Crippen LogP contribution in [0.15, 0.2) is 70.9 Å². The van der Waals surface area contributed by atoms with Crippen molar-refractivity contribution in [3.8, 4) is 5.75 Å². The van der Waals surface area contributed by atoms with Crippen molar-refractivity contribution in [1.29, 1.82) is 0 Å². The van der Waals surface area contributed by atoms with Crippen LogP contribution in [0.5, 0.6) is 5.75 Å². The highest BCUT2D eigenvalue weighted by Gasteiger charge is 2.47. The lowest BCUT2D eigenvalue weighted by molar-refractivity contribution is -0.140. The lowest BCUT2D eigenvalue weighted by Crippen LogP contribution is -2.31. The lowest BCUT2D eigenvalue weighted by Gasteiger charge is -2.23. The molecular weight excluding hydrogens is 413 g/mol. The molecule has 4 rings (SSSR count). The van der Waals surface area contributed by atoms with Crippen LogP contribution in [0.4, 0.5) is 4.39 Å². The number of aliphatic hydroxyl groups is 1. The average Bonchev–Trinajstić information content (AvgIpc) is 3.41. The van der Waals surface area contributed by atoms with Gasteiger partial charge in [0.05, 0.1) is 18.9 Å². The quantitative estimate of drug-likeness (QED) is 0.353. The summed E-state index contributed by atoms with van der Waals surface area (Å²) in [5.41, 5.74) is 1.46. The number of carbonyl (C=O) groups excluding carboxylic acids is 2. The van der Waals surface area contributed by atoms with Crippen LogP contribution in [0.2, 0.25) is 0 Å². The van der Waals surface area contributed by atoms with Crippen LogP contribution < -0.4 is 4.74 Å². The van der Waals surface area contributed by atoms with Crippen LogP contribution in [0.25, 0.3) is 5.76 Å². The summed E-state index contributed by atoms with van der Waals surface area (Å²) in [4.78, 5) is 27.2. The summed E-state index contributed by atoms with van der Waals surface area (Å²) in [7, 11) is 1.58. The summed E-state index contributed by atoms with van der Waals surface area (Å²) in [5.74, 6) is -1.23. The molecule has 1 N–H and O–H groups in total. The van der Waals surface area contributed by atoms with Gasteiger partial charge in [0.2, 0.25) is 0 Å². The van der Waals surface area contributed by atoms with Gasteiger partial charge in [-0.25, -0.2) is 4.39 Å². The third-order valence-electron chi connectivity index (χ3n) is 5.58. The number of ether oxygens (including phenoxy) is 1. The molecule has 3 aromatic rings. The minimum absolute atomic E-state index is 0.0781. The number of Topliss-reactive ketones (excluding diaryl/α,β-unsaturated/α-hetero) is 1. The first-order chi connectivity index (χ1) is 15.4. The normalized spacial score (nSPS) is 17.7. The van der Waals surface area contributed by atoms with E-state index in [1.165, 1.54) is 29.4 Å². The molecule has 164 valence electrons. The number of nitrogens with zero attached hydrogens (tertiary/aromatic N) is 1. The maximum absolute atomic E-state index is 13.7. The van der Waals surface area contributed by atoms with Gasteiger partial charge in [0.1, 0.15) is 29.1 Å². The van der Waals surface area contributed by atoms with E-state index in [1.807, 2.05) is 24.3 Å². The Hall–Kier alpha value is -3.87. The molecule has 6 nitrogen and oxygen atoms in total. The number of hydrogen-bond acceptors (Lipinski definition) is 5. The molecule has 2 heterocycles. The van der Waals surface area contributed by atoms with E-state index in [-0.39, 0.29) is 23.4 Å². The number of carbonyl (C=O) groups is 2. The Labute approximate surface area is 184 Å². The van der Waals surface area contributed by atoms with E-state index < -0.39 is 23.5 Å². The molecule has 1 amide bonds. The number of aryl methyl sites for hydroxylation is 1. The van der Waals surface area contributed by atoms with E-state index >= 15 is 0 Å². The zero-order valence-corrected chi connectivity index (χ0v) is 17.7. The molecule has 0 bridgehead atoms. The molecule has 0 saturated carbocycles. The van der Waals surface area contributed by atoms with Crippen LogP contribution in [0.3, 0.4) is 0 Å². The summed E-state index contributed by atoms with van der Waals surface area (Å²) < 4.78 is 24.4. The second-order valence-corrected chi connectivity index (χ2v) is 7.57. The molecule has 0 radical (unpaired) electrons. The van der Waals surface area contributed by atoms with E-state index in [9.17, 15) is 19.1 Å². The van der Waals surface area contributed by atoms with Gasteiger partial charge >= 0.3 is 0 Å². The monoisotopic (exact) mass is 435 g/mol. The van der Waals surface area contributed by atoms with Gasteiger partial charge < -0.3 is 19.2 Å². The maximum Gasteiger partial charge on any atom is 0.295 e. The Morgan fingerprint density at radius 1 is 1.16 bits per heavy atom. The number of methoxy groups -OCH3 is 1. The first-order valence-electron chi connectivity index (χ1n) is 10.1. The fourth-order valence-electron chi connectivity index (χ4n) is 3.84. The van der Waals surface area contributed by atoms with Crippen LogP contribution in [0.1, 0.15) is 28.5 Å². The van der Waals surface area contributed by atoms with Crippen molar-refractivity contribution in [2.75, 3.05) is 13.7 Å². The van der Waals surface area contributed by atoms with Gasteiger partial charge in [-0.2, -0.15) is 0 Å². The molecule has 1 unspecified atom stereocenters. The molecule has 1 atom stereocenters. The number of hydrogen-bond donors (Lipinski definition) is 1. The van der Waals surface area contributed by atoms with E-state index in [2.05, 4.69) is 0 Å². The van der Waals surface area contributed by atoms with E-state index in [0.717, 1.165) is 11.3 Å². The molecule has 32 heavy (non-hydrogen) atoms. The number of amides is 1. The lowest BCUT2D eigenvalue weighted by atomic mass is 9.98. The molecule has 1 aliphatic rings. The van der Waals surface area contributed by atoms with Crippen LogP contribution in [-0.2, 0) is 16.0 Å². The smallest absolute Gasteiger partial charge is 0.295 e. The zero-order chi connectivity index (χ0) is 22.8. The predicted octanol–water partition coefficient (Wildman–Crippen LogP) is 4.40. The Bertz CT molecular complexity index is 1180. The van der Waals surface area contributed by atoms with E-state index in [4.69, 9.17) is 9.15 Å². The SMILES string of the molecule is COc1ccc(CCN2C(=O)C(=O)/C(=C(\O)c3ccc(F)c(C)c3)C2c2ccco2)cc1. The average molecular weight is 435 g/mol. The van der Waals surface area contributed by atoms with Crippen LogP contribution in [-0.4, -0.2) is 35.4 Å². The van der Waals surface area contributed by atoms with Gasteiger partial charge in [0.15, 0.2) is 0 Å². The molecule has 1 saturated heterocycles. The number of benzene rings is 2. The predicted molar refractivity (Wildman–Crippen MR) is 116 cm³/mol. The second kappa shape index (κ2) is 8.70. The highest BCUT2D eigenvalue weighted by atomic mass is 19.1. The fraction of sp³-hybridized carbons (Fsp3) is 0.200. The summed E-state index contributed by atoms with van der Waals surface area (Å²) in [6.45, 7) is 1.80. The van der Waals surface area contributed by atoms with Crippen LogP contribution in [0, 0.1) is 12.7 Å². The standard InChI is InChI=1S/C25H22FNO5/c1-15-14-17(7-10-19(15)26)23(28)21-22(20-4-3-13-32-20)27(25(30)24(21)29)12-11-16-5-8-18(31-2)9-6-16/h3-10,13-14,22,28H,11-12H2,1-2H3/b23-21-. The summed E-state index contributed by atoms with van der Waals surface area (Å²) in [6.07, 6.45) is 1.94. The summed E-state index contributed by atoms with van der Waals surface area (Å²) >= 11 is 0. The topological polar surface area (TPSA) is 80.0 Å². The fourth-order valence-corrected chi connectivity index (χ4v) is 3.84. The van der Waals surface area contributed by atoms with Crippen molar-refractivity contribution in [2.24, 2.45) is 0 Å². The van der Waals surface area contributed by atoms with Gasteiger partial charge in [-0.3, -0.25) is 9.59 Å². The van der Waals surface area contributed by atoms with Gasteiger partial charge in [0.25, 0.3) is 11.7 Å². The van der Waals surface area contributed by atoms with E-state index in [1.54, 1.807) is 26.2 Å². The van der Waals surface area contributed by atoms with Crippen molar-refractivity contribution in [1.82, 2.24) is 4.90 Å². The number of rotatable bonds is 6. The Balaban J connectivity index is 1.71. The van der Waals surface area contributed by atoms with Crippen LogP contribution >= 0.6 is 0 Å². The van der Waals surface area contributed by atoms with Gasteiger partial charge in [-0.1, -0.05) is 12.1 Å². The van der Waals surface area contributed by atoms with Crippen molar-refractivity contribution >= 4 is 17.4 Å². The first-order valence-corrected chi connectivity index (χ1v) is 10.1. The number of halogens is 1. The molecule has 1 fully saturated rings. The molecule has 2 aromatic carbocycles. The second-order valence-electron chi connectivity index (χ2n) is 7.57.